The minimum Gasteiger partial charge on any atom is -0.493 e. The van der Waals surface area contributed by atoms with E-state index in [-0.39, 0.29) is 18.6 Å². The zero-order valence-corrected chi connectivity index (χ0v) is 12.2. The summed E-state index contributed by atoms with van der Waals surface area (Å²) in [5.74, 6) is -0.718. The molecule has 114 valence electrons. The number of ether oxygens (including phenoxy) is 1. The molecular formula is C15H20N2O4. The average molecular weight is 292 g/mol. The number of urea groups is 1. The van der Waals surface area contributed by atoms with Crippen molar-refractivity contribution in [3.05, 3.63) is 29.8 Å². The highest BCUT2D eigenvalue weighted by atomic mass is 16.5. The summed E-state index contributed by atoms with van der Waals surface area (Å²) >= 11 is 0. The Kier molecular flexibility index (Phi) is 4.67. The summed E-state index contributed by atoms with van der Waals surface area (Å²) in [5.41, 5.74) is 0.955. The van der Waals surface area contributed by atoms with E-state index >= 15 is 0 Å². The van der Waals surface area contributed by atoms with E-state index in [0.717, 1.165) is 11.3 Å². The van der Waals surface area contributed by atoms with Crippen molar-refractivity contribution in [2.75, 3.05) is 20.2 Å². The van der Waals surface area contributed by atoms with Crippen LogP contribution in [0.1, 0.15) is 24.9 Å². The molecule has 1 aliphatic heterocycles. The summed E-state index contributed by atoms with van der Waals surface area (Å²) in [5, 5.41) is 11.8. The summed E-state index contributed by atoms with van der Waals surface area (Å²) in [4.78, 5) is 24.4. The number of aliphatic carboxylic acids is 1. The minimum atomic E-state index is -0.911. The Hall–Kier alpha value is -2.24. The number of carbonyl (C=O) groups is 2. The van der Waals surface area contributed by atoms with Crippen molar-refractivity contribution in [2.45, 2.75) is 19.4 Å². The lowest BCUT2D eigenvalue weighted by Crippen LogP contribution is -2.43. The molecule has 21 heavy (non-hydrogen) atoms. The maximum Gasteiger partial charge on any atom is 0.317 e. The number of nitrogens with one attached hydrogen (secondary N) is 1. The van der Waals surface area contributed by atoms with Crippen LogP contribution >= 0.6 is 0 Å². The van der Waals surface area contributed by atoms with E-state index in [1.807, 2.05) is 24.3 Å². The fourth-order valence-electron chi connectivity index (χ4n) is 2.32. The Morgan fingerprint density at radius 1 is 1.48 bits per heavy atom. The molecule has 0 aliphatic carbocycles. The Balaban J connectivity index is 1.99. The molecule has 2 unspecified atom stereocenters. The third-order valence-corrected chi connectivity index (χ3v) is 3.57. The van der Waals surface area contributed by atoms with Gasteiger partial charge in [-0.1, -0.05) is 25.1 Å². The molecule has 2 atom stereocenters. The zero-order valence-electron chi connectivity index (χ0n) is 12.2. The largest absolute Gasteiger partial charge is 0.493 e. The topological polar surface area (TPSA) is 78.9 Å². The standard InChI is InChI=1S/C15H20N2O4/c1-10(14(18)19)9-17(2)15(20)16-12-7-8-21-13-6-4-3-5-11(12)13/h3-6,10,12H,7-9H2,1-2H3,(H,16,20)(H,18,19). The molecule has 1 aromatic carbocycles. The molecule has 0 fully saturated rings. The summed E-state index contributed by atoms with van der Waals surface area (Å²) in [7, 11) is 1.60. The maximum absolute atomic E-state index is 12.2. The van der Waals surface area contributed by atoms with Crippen LogP contribution in [0, 0.1) is 5.92 Å². The smallest absolute Gasteiger partial charge is 0.317 e. The minimum absolute atomic E-state index is 0.106. The van der Waals surface area contributed by atoms with Crippen LogP contribution in [0.15, 0.2) is 24.3 Å². The number of fused-ring (bicyclic) bond motifs is 1. The van der Waals surface area contributed by atoms with Crippen LogP contribution < -0.4 is 10.1 Å². The molecule has 0 aromatic heterocycles. The first-order chi connectivity index (χ1) is 9.99. The lowest BCUT2D eigenvalue weighted by Gasteiger charge is -2.29. The normalized spacial score (nSPS) is 18.1. The van der Waals surface area contributed by atoms with Crippen LogP contribution in [0.3, 0.4) is 0 Å². The number of hydrogen-bond acceptors (Lipinski definition) is 3. The Morgan fingerprint density at radius 2 is 2.19 bits per heavy atom. The van der Waals surface area contributed by atoms with Crippen molar-refractivity contribution in [1.82, 2.24) is 10.2 Å². The molecule has 1 aromatic rings. The lowest BCUT2D eigenvalue weighted by molar-refractivity contribution is -0.141. The quantitative estimate of drug-likeness (QED) is 0.888. The molecule has 0 bridgehead atoms. The summed E-state index contributed by atoms with van der Waals surface area (Å²) in [6.07, 6.45) is 0.699. The maximum atomic E-state index is 12.2. The predicted molar refractivity (Wildman–Crippen MR) is 77.3 cm³/mol. The molecule has 0 saturated heterocycles. The summed E-state index contributed by atoms with van der Waals surface area (Å²) < 4.78 is 5.55. The Morgan fingerprint density at radius 3 is 2.90 bits per heavy atom. The highest BCUT2D eigenvalue weighted by Crippen LogP contribution is 2.31. The van der Waals surface area contributed by atoms with Crippen molar-refractivity contribution in [3.8, 4) is 5.75 Å². The van der Waals surface area contributed by atoms with Gasteiger partial charge in [-0.15, -0.1) is 0 Å². The molecule has 0 radical (unpaired) electrons. The zero-order chi connectivity index (χ0) is 15.4. The van der Waals surface area contributed by atoms with Crippen molar-refractivity contribution >= 4 is 12.0 Å². The van der Waals surface area contributed by atoms with Gasteiger partial charge in [0, 0.05) is 25.6 Å². The molecule has 0 saturated carbocycles. The Labute approximate surface area is 123 Å². The first kappa shape index (κ1) is 15.2. The van der Waals surface area contributed by atoms with Gasteiger partial charge in [-0.05, 0) is 6.07 Å². The second-order valence-corrected chi connectivity index (χ2v) is 5.30. The molecule has 2 amide bonds. The molecule has 1 aliphatic rings. The van der Waals surface area contributed by atoms with Gasteiger partial charge in [0.1, 0.15) is 5.75 Å². The molecule has 2 rings (SSSR count). The molecule has 2 N–H and O–H groups in total. The van der Waals surface area contributed by atoms with Gasteiger partial charge in [0.25, 0.3) is 0 Å². The number of rotatable bonds is 4. The number of hydrogen-bond donors (Lipinski definition) is 2. The van der Waals surface area contributed by atoms with Gasteiger partial charge in [-0.25, -0.2) is 4.79 Å². The van der Waals surface area contributed by atoms with Crippen LogP contribution in [0.25, 0.3) is 0 Å². The summed E-state index contributed by atoms with van der Waals surface area (Å²) in [6.45, 7) is 2.30. The second kappa shape index (κ2) is 6.47. The molecular weight excluding hydrogens is 272 g/mol. The first-order valence-corrected chi connectivity index (χ1v) is 6.95. The van der Waals surface area contributed by atoms with Gasteiger partial charge >= 0.3 is 12.0 Å². The third-order valence-electron chi connectivity index (χ3n) is 3.57. The van der Waals surface area contributed by atoms with Crippen LogP contribution in [-0.4, -0.2) is 42.2 Å². The van der Waals surface area contributed by atoms with Gasteiger partial charge in [0.15, 0.2) is 0 Å². The van der Waals surface area contributed by atoms with Crippen molar-refractivity contribution in [3.63, 3.8) is 0 Å². The number of nitrogens with zero attached hydrogens (tertiary/aromatic N) is 1. The van der Waals surface area contributed by atoms with E-state index in [1.54, 1.807) is 14.0 Å². The molecule has 0 spiro atoms. The third kappa shape index (κ3) is 3.65. The number of carboxylic acid groups (broad SMARTS) is 1. The van der Waals surface area contributed by atoms with E-state index in [0.29, 0.717) is 13.0 Å². The predicted octanol–water partition coefficient (Wildman–Crippen LogP) is 1.87. The molecule has 6 nitrogen and oxygen atoms in total. The van der Waals surface area contributed by atoms with E-state index in [4.69, 9.17) is 9.84 Å². The highest BCUT2D eigenvalue weighted by molar-refractivity contribution is 5.76. The van der Waals surface area contributed by atoms with Crippen molar-refractivity contribution < 1.29 is 19.4 Å². The van der Waals surface area contributed by atoms with Gasteiger partial charge in [-0.2, -0.15) is 0 Å². The molecule has 1 heterocycles. The number of carbonyl (C=O) groups excluding carboxylic acids is 1. The van der Waals surface area contributed by atoms with E-state index in [9.17, 15) is 9.59 Å². The van der Waals surface area contributed by atoms with E-state index < -0.39 is 11.9 Å². The van der Waals surface area contributed by atoms with Gasteiger partial charge in [-0.3, -0.25) is 4.79 Å². The number of carboxylic acids is 1. The Bertz CT molecular complexity index is 532. The number of benzene rings is 1. The van der Waals surface area contributed by atoms with Gasteiger partial charge < -0.3 is 20.1 Å². The van der Waals surface area contributed by atoms with E-state index in [2.05, 4.69) is 5.32 Å². The number of amides is 2. The monoisotopic (exact) mass is 292 g/mol. The van der Waals surface area contributed by atoms with Gasteiger partial charge in [0.2, 0.25) is 0 Å². The number of para-hydroxylation sites is 1. The van der Waals surface area contributed by atoms with Crippen molar-refractivity contribution in [1.29, 1.82) is 0 Å². The fourth-order valence-corrected chi connectivity index (χ4v) is 2.32. The van der Waals surface area contributed by atoms with Crippen LogP contribution in [0.4, 0.5) is 4.79 Å². The van der Waals surface area contributed by atoms with E-state index in [1.165, 1.54) is 4.90 Å². The lowest BCUT2D eigenvalue weighted by atomic mass is 10.0. The van der Waals surface area contributed by atoms with Crippen LogP contribution in [0.5, 0.6) is 5.75 Å². The van der Waals surface area contributed by atoms with Gasteiger partial charge in [0.05, 0.1) is 18.6 Å². The second-order valence-electron chi connectivity index (χ2n) is 5.30. The highest BCUT2D eigenvalue weighted by Gasteiger charge is 2.25. The average Bonchev–Trinajstić information content (AvgIpc) is 2.47. The SMILES string of the molecule is CC(CN(C)C(=O)NC1CCOc2ccccc21)C(=O)O. The van der Waals surface area contributed by atoms with Crippen LogP contribution in [-0.2, 0) is 4.79 Å². The summed E-state index contributed by atoms with van der Waals surface area (Å²) in [6, 6.07) is 7.23. The van der Waals surface area contributed by atoms with Crippen molar-refractivity contribution in [2.24, 2.45) is 5.92 Å². The fraction of sp³-hybridized carbons (Fsp3) is 0.467. The van der Waals surface area contributed by atoms with Crippen LogP contribution in [0.2, 0.25) is 0 Å². The molecule has 6 heteroatoms. The first-order valence-electron chi connectivity index (χ1n) is 6.95.